The first-order valence-electron chi connectivity index (χ1n) is 12.5. The minimum Gasteiger partial charge on any atom is -0.369 e. The van der Waals surface area contributed by atoms with Crippen molar-refractivity contribution >= 4 is 34.1 Å². The van der Waals surface area contributed by atoms with Gasteiger partial charge in [0.15, 0.2) is 0 Å². The highest BCUT2D eigenvalue weighted by atomic mass is 16.1. The largest absolute Gasteiger partial charge is 0.369 e. The van der Waals surface area contributed by atoms with Crippen molar-refractivity contribution in [3.8, 4) is 11.1 Å². The monoisotopic (exact) mass is 478 g/mol. The number of aryl methyl sites for hydroxylation is 1. The molecular weight excluding hydrogens is 448 g/mol. The molecular formula is C29H30N6O. The molecule has 3 heterocycles. The highest BCUT2D eigenvalue weighted by Crippen LogP contribution is 2.31. The summed E-state index contributed by atoms with van der Waals surface area (Å²) >= 11 is 0. The number of rotatable bonds is 4. The number of nitrogens with zero attached hydrogens (tertiary/aromatic N) is 4. The Labute approximate surface area is 211 Å². The van der Waals surface area contributed by atoms with E-state index >= 15 is 0 Å². The van der Waals surface area contributed by atoms with Gasteiger partial charge in [-0.3, -0.25) is 4.79 Å². The third-order valence-corrected chi connectivity index (χ3v) is 7.25. The van der Waals surface area contributed by atoms with Crippen molar-refractivity contribution in [3.05, 3.63) is 77.5 Å². The Morgan fingerprint density at radius 1 is 0.972 bits per heavy atom. The van der Waals surface area contributed by atoms with Crippen LogP contribution < -0.4 is 15.5 Å². The number of amides is 1. The highest BCUT2D eigenvalue weighted by Gasteiger charge is 2.18. The predicted octanol–water partition coefficient (Wildman–Crippen LogP) is 4.39. The molecule has 1 aromatic heterocycles. The Morgan fingerprint density at radius 2 is 1.83 bits per heavy atom. The van der Waals surface area contributed by atoms with E-state index < -0.39 is 0 Å². The van der Waals surface area contributed by atoms with Gasteiger partial charge in [0, 0.05) is 66.8 Å². The maximum Gasteiger partial charge on any atom is 0.251 e. The third kappa shape index (κ3) is 4.27. The number of piperazine rings is 1. The van der Waals surface area contributed by atoms with Crippen molar-refractivity contribution in [2.75, 3.05) is 50.0 Å². The normalized spacial score (nSPS) is 16.1. The van der Waals surface area contributed by atoms with Gasteiger partial charge >= 0.3 is 0 Å². The van der Waals surface area contributed by atoms with Crippen LogP contribution >= 0.6 is 0 Å². The number of likely N-dealkylation sites (N-methyl/N-ethyl adjacent to an activating group) is 1. The molecule has 0 radical (unpaired) electrons. The quantitative estimate of drug-likeness (QED) is 0.453. The van der Waals surface area contributed by atoms with Crippen LogP contribution in [0.2, 0.25) is 0 Å². The molecule has 3 aromatic carbocycles. The summed E-state index contributed by atoms with van der Waals surface area (Å²) in [4.78, 5) is 26.5. The van der Waals surface area contributed by atoms with Crippen LogP contribution in [0.1, 0.15) is 21.5 Å². The topological polar surface area (TPSA) is 73.4 Å². The van der Waals surface area contributed by atoms with Crippen LogP contribution in [0.4, 0.5) is 17.3 Å². The number of aromatic nitrogens is 2. The molecule has 7 nitrogen and oxygen atoms in total. The smallest absolute Gasteiger partial charge is 0.251 e. The fourth-order valence-corrected chi connectivity index (χ4v) is 5.21. The molecule has 36 heavy (non-hydrogen) atoms. The summed E-state index contributed by atoms with van der Waals surface area (Å²) in [5.74, 6) is 0.572. The van der Waals surface area contributed by atoms with Crippen LogP contribution in [-0.2, 0) is 6.42 Å². The number of fused-ring (bicyclic) bond motifs is 2. The Balaban J connectivity index is 1.29. The maximum absolute atomic E-state index is 12.2. The van der Waals surface area contributed by atoms with Gasteiger partial charge in [-0.1, -0.05) is 30.3 Å². The SMILES string of the molecule is Cc1cc(Nc2ncc3cccc(-c4ccc5c(c4)CCNC5=O)c3n2)ccc1N1CCN(C)CC1. The molecule has 1 saturated heterocycles. The molecule has 0 unspecified atom stereocenters. The molecule has 2 aliphatic rings. The Bertz CT molecular complexity index is 1460. The van der Waals surface area contributed by atoms with Gasteiger partial charge in [0.2, 0.25) is 5.95 Å². The fraction of sp³-hybridized carbons (Fsp3) is 0.276. The first kappa shape index (κ1) is 22.5. The molecule has 0 spiro atoms. The molecule has 0 saturated carbocycles. The van der Waals surface area contributed by atoms with Gasteiger partial charge in [-0.05, 0) is 61.3 Å². The van der Waals surface area contributed by atoms with Crippen molar-refractivity contribution in [3.63, 3.8) is 0 Å². The molecule has 0 atom stereocenters. The van der Waals surface area contributed by atoms with E-state index in [1.807, 2.05) is 30.5 Å². The number of nitrogens with one attached hydrogen (secondary N) is 2. The summed E-state index contributed by atoms with van der Waals surface area (Å²) in [5.41, 5.74) is 8.33. The lowest BCUT2D eigenvalue weighted by Gasteiger charge is -2.35. The van der Waals surface area contributed by atoms with Crippen LogP contribution in [0.3, 0.4) is 0 Å². The van der Waals surface area contributed by atoms with Gasteiger partial charge in [-0.2, -0.15) is 0 Å². The van der Waals surface area contributed by atoms with E-state index in [1.165, 1.54) is 11.3 Å². The van der Waals surface area contributed by atoms with Gasteiger partial charge in [0.1, 0.15) is 0 Å². The Morgan fingerprint density at radius 3 is 2.67 bits per heavy atom. The van der Waals surface area contributed by atoms with Gasteiger partial charge in [-0.25, -0.2) is 9.97 Å². The maximum atomic E-state index is 12.2. The predicted molar refractivity (Wildman–Crippen MR) is 145 cm³/mol. The molecule has 1 amide bonds. The molecule has 2 N–H and O–H groups in total. The average Bonchev–Trinajstić information content (AvgIpc) is 2.89. The number of carbonyl (C=O) groups excluding carboxylic acids is 1. The standard InChI is InChI=1S/C29H30N6O/c1-19-16-23(7-9-26(19)35-14-12-34(2)13-15-35)32-29-31-18-22-4-3-5-24(27(22)33-29)20-6-8-25-21(17-20)10-11-30-28(25)36/h3-9,16-18H,10-15H2,1-2H3,(H,30,36)(H,31,32,33). The first-order chi connectivity index (χ1) is 17.5. The van der Waals surface area contributed by atoms with Crippen molar-refractivity contribution < 1.29 is 4.79 Å². The summed E-state index contributed by atoms with van der Waals surface area (Å²) in [6, 6.07) is 18.7. The summed E-state index contributed by atoms with van der Waals surface area (Å²) < 4.78 is 0. The number of para-hydroxylation sites is 1. The molecule has 1 fully saturated rings. The van der Waals surface area contributed by atoms with E-state index in [1.54, 1.807) is 0 Å². The second kappa shape index (κ2) is 9.24. The highest BCUT2D eigenvalue weighted by molar-refractivity contribution is 5.99. The number of hydrogen-bond donors (Lipinski definition) is 2. The van der Waals surface area contributed by atoms with Crippen molar-refractivity contribution in [2.24, 2.45) is 0 Å². The third-order valence-electron chi connectivity index (χ3n) is 7.25. The lowest BCUT2D eigenvalue weighted by molar-refractivity contribution is 0.0946. The lowest BCUT2D eigenvalue weighted by Crippen LogP contribution is -2.44. The van der Waals surface area contributed by atoms with Crippen molar-refractivity contribution in [2.45, 2.75) is 13.3 Å². The molecule has 0 aliphatic carbocycles. The molecule has 2 aliphatic heterocycles. The van der Waals surface area contributed by atoms with Gasteiger partial charge < -0.3 is 20.4 Å². The van der Waals surface area contributed by atoms with Crippen LogP contribution in [0, 0.1) is 6.92 Å². The minimum absolute atomic E-state index is 0.00321. The van der Waals surface area contributed by atoms with Crippen LogP contribution in [0.25, 0.3) is 22.0 Å². The van der Waals surface area contributed by atoms with E-state index in [9.17, 15) is 4.79 Å². The van der Waals surface area contributed by atoms with E-state index in [-0.39, 0.29) is 5.91 Å². The van der Waals surface area contributed by atoms with E-state index in [0.717, 1.165) is 71.4 Å². The van der Waals surface area contributed by atoms with Crippen LogP contribution in [-0.4, -0.2) is 60.5 Å². The van der Waals surface area contributed by atoms with Crippen molar-refractivity contribution in [1.29, 1.82) is 0 Å². The molecule has 6 rings (SSSR count). The number of hydrogen-bond acceptors (Lipinski definition) is 6. The average molecular weight is 479 g/mol. The van der Waals surface area contributed by atoms with Gasteiger partial charge in [0.05, 0.1) is 5.52 Å². The second-order valence-corrected chi connectivity index (χ2v) is 9.73. The summed E-state index contributed by atoms with van der Waals surface area (Å²) in [7, 11) is 2.18. The Kier molecular flexibility index (Phi) is 5.77. The number of anilines is 3. The van der Waals surface area contributed by atoms with E-state index in [4.69, 9.17) is 4.98 Å². The summed E-state index contributed by atoms with van der Waals surface area (Å²) in [5, 5.41) is 7.30. The van der Waals surface area contributed by atoms with Crippen LogP contribution in [0.5, 0.6) is 0 Å². The minimum atomic E-state index is 0.00321. The lowest BCUT2D eigenvalue weighted by atomic mass is 9.94. The molecule has 182 valence electrons. The fourth-order valence-electron chi connectivity index (χ4n) is 5.21. The zero-order valence-corrected chi connectivity index (χ0v) is 20.7. The van der Waals surface area contributed by atoms with E-state index in [2.05, 4.69) is 69.7 Å². The van der Waals surface area contributed by atoms with Gasteiger partial charge in [0.25, 0.3) is 5.91 Å². The van der Waals surface area contributed by atoms with Crippen molar-refractivity contribution in [1.82, 2.24) is 20.2 Å². The summed E-state index contributed by atoms with van der Waals surface area (Å²) in [6.07, 6.45) is 2.70. The molecule has 4 aromatic rings. The van der Waals surface area contributed by atoms with Gasteiger partial charge in [-0.15, -0.1) is 0 Å². The zero-order valence-electron chi connectivity index (χ0n) is 20.7. The van der Waals surface area contributed by atoms with E-state index in [0.29, 0.717) is 12.5 Å². The number of carbonyl (C=O) groups is 1. The molecule has 0 bridgehead atoms. The Hall–Kier alpha value is -3.97. The summed E-state index contributed by atoms with van der Waals surface area (Å²) in [6.45, 7) is 7.11. The van der Waals surface area contributed by atoms with Crippen LogP contribution in [0.15, 0.2) is 60.8 Å². The number of benzene rings is 3. The zero-order chi connectivity index (χ0) is 24.6. The second-order valence-electron chi connectivity index (χ2n) is 9.73. The molecule has 7 heteroatoms. The first-order valence-corrected chi connectivity index (χ1v) is 12.5.